The number of hydrogen-bond donors (Lipinski definition) is 0. The molecular weight excluding hydrogens is 166 g/mol. The second-order valence-electron chi connectivity index (χ2n) is 2.91. The molecule has 74 valence electrons. The Morgan fingerprint density at radius 3 is 2.23 bits per heavy atom. The van der Waals surface area contributed by atoms with Crippen LogP contribution in [0.25, 0.3) is 0 Å². The third kappa shape index (κ3) is 3.40. The van der Waals surface area contributed by atoms with Gasteiger partial charge in [-0.3, -0.25) is 10.1 Å². The van der Waals surface area contributed by atoms with Gasteiger partial charge in [0.25, 0.3) is 5.70 Å². The average molecular weight is 183 g/mol. The van der Waals surface area contributed by atoms with Crippen LogP contribution in [0.15, 0.2) is 22.9 Å². The fraction of sp³-hybridized carbons (Fsp3) is 0.600. The van der Waals surface area contributed by atoms with Gasteiger partial charge in [-0.25, -0.2) is 0 Å². The first kappa shape index (κ1) is 11.9. The molecule has 0 fully saturated rings. The van der Waals surface area contributed by atoms with E-state index in [0.29, 0.717) is 0 Å². The Labute approximate surface area is 79.3 Å². The van der Waals surface area contributed by atoms with Crippen molar-refractivity contribution in [3.63, 3.8) is 0 Å². The lowest BCUT2D eigenvalue weighted by molar-refractivity contribution is -0.420. The Morgan fingerprint density at radius 2 is 1.85 bits per heavy atom. The molecule has 0 unspecified atom stereocenters. The molecule has 1 aliphatic carbocycles. The minimum absolute atomic E-state index is 0.286. The zero-order valence-corrected chi connectivity index (χ0v) is 8.76. The van der Waals surface area contributed by atoms with Crippen LogP contribution in [-0.2, 0) is 0 Å². The summed E-state index contributed by atoms with van der Waals surface area (Å²) in [4.78, 5) is 10.1. The fourth-order valence-corrected chi connectivity index (χ4v) is 1.15. The molecule has 0 saturated carbocycles. The average Bonchev–Trinajstić information content (AvgIpc) is 2.12. The van der Waals surface area contributed by atoms with Gasteiger partial charge in [0.1, 0.15) is 0 Å². The summed E-state index contributed by atoms with van der Waals surface area (Å²) < 4.78 is 0. The smallest absolute Gasteiger partial charge is 0.258 e. The fourth-order valence-electron chi connectivity index (χ4n) is 1.15. The number of nitrogens with zero attached hydrogens (tertiary/aromatic N) is 1. The normalized spacial score (nSPS) is 15.8. The summed E-state index contributed by atoms with van der Waals surface area (Å²) in [7, 11) is 0. The van der Waals surface area contributed by atoms with Crippen LogP contribution in [0.2, 0.25) is 0 Å². The van der Waals surface area contributed by atoms with Crippen molar-refractivity contribution >= 4 is 0 Å². The van der Waals surface area contributed by atoms with Crippen LogP contribution < -0.4 is 0 Å². The molecule has 0 N–H and O–H groups in total. The largest absolute Gasteiger partial charge is 0.268 e. The number of hydrogen-bond acceptors (Lipinski definition) is 2. The maximum atomic E-state index is 10.4. The number of allylic oxidation sites excluding steroid dienone is 3. The first-order chi connectivity index (χ1) is 6.11. The van der Waals surface area contributed by atoms with Crippen molar-refractivity contribution in [2.45, 2.75) is 40.5 Å². The van der Waals surface area contributed by atoms with Gasteiger partial charge in [-0.1, -0.05) is 19.4 Å². The number of rotatable bonds is 1. The van der Waals surface area contributed by atoms with Gasteiger partial charge in [0.05, 0.1) is 4.92 Å². The van der Waals surface area contributed by atoms with Gasteiger partial charge in [-0.05, 0) is 26.7 Å². The third-order valence-corrected chi connectivity index (χ3v) is 1.91. The van der Waals surface area contributed by atoms with E-state index in [1.165, 1.54) is 0 Å². The van der Waals surface area contributed by atoms with Crippen LogP contribution in [0.5, 0.6) is 0 Å². The Kier molecular flexibility index (Phi) is 5.04. The summed E-state index contributed by atoms with van der Waals surface area (Å²) in [6.07, 6.45) is 3.46. The van der Waals surface area contributed by atoms with E-state index >= 15 is 0 Å². The van der Waals surface area contributed by atoms with Crippen LogP contribution in [0.1, 0.15) is 40.5 Å². The lowest BCUT2D eigenvalue weighted by Gasteiger charge is -2.08. The lowest BCUT2D eigenvalue weighted by atomic mass is 9.98. The molecule has 1 aliphatic rings. The molecule has 0 aromatic rings. The molecule has 0 aromatic carbocycles. The first-order valence-corrected chi connectivity index (χ1v) is 4.62. The predicted molar refractivity (Wildman–Crippen MR) is 54.0 cm³/mol. The topological polar surface area (TPSA) is 43.1 Å². The molecule has 0 radical (unpaired) electrons. The molecule has 0 aromatic heterocycles. The Bertz CT molecular complexity index is 252. The quantitative estimate of drug-likeness (QED) is 0.462. The molecular formula is C10H17NO2. The van der Waals surface area contributed by atoms with E-state index in [9.17, 15) is 10.1 Å². The summed E-state index contributed by atoms with van der Waals surface area (Å²) in [5.74, 6) is 0. The summed E-state index contributed by atoms with van der Waals surface area (Å²) >= 11 is 0. The third-order valence-electron chi connectivity index (χ3n) is 1.91. The minimum Gasteiger partial charge on any atom is -0.258 e. The van der Waals surface area contributed by atoms with Crippen molar-refractivity contribution in [1.29, 1.82) is 0 Å². The highest BCUT2D eigenvalue weighted by atomic mass is 16.6. The van der Waals surface area contributed by atoms with E-state index in [1.54, 1.807) is 6.08 Å². The van der Waals surface area contributed by atoms with Gasteiger partial charge in [0.2, 0.25) is 0 Å². The molecule has 13 heavy (non-hydrogen) atoms. The van der Waals surface area contributed by atoms with E-state index in [0.717, 1.165) is 24.0 Å². The summed E-state index contributed by atoms with van der Waals surface area (Å²) in [6, 6.07) is 0. The standard InChI is InChI=1S/C8H11NO2.C2H6/c1-6-3-4-7(2)8(5-6)9(10)11;1-2/h5H,3-4H2,1-2H3;1-2H3. The lowest BCUT2D eigenvalue weighted by Crippen LogP contribution is -2.04. The predicted octanol–water partition coefficient (Wildman–Crippen LogP) is 3.30. The van der Waals surface area contributed by atoms with Crippen LogP contribution in [-0.4, -0.2) is 4.92 Å². The molecule has 0 saturated heterocycles. The molecule has 3 heteroatoms. The SMILES string of the molecule is CC.CC1=CC([N+](=O)[O-])=C(C)CC1. The molecule has 0 atom stereocenters. The van der Waals surface area contributed by atoms with E-state index in [2.05, 4.69) is 0 Å². The summed E-state index contributed by atoms with van der Waals surface area (Å²) in [5, 5.41) is 10.4. The maximum Gasteiger partial charge on any atom is 0.268 e. The van der Waals surface area contributed by atoms with Gasteiger partial charge < -0.3 is 0 Å². The monoisotopic (exact) mass is 183 g/mol. The zero-order valence-electron chi connectivity index (χ0n) is 8.76. The van der Waals surface area contributed by atoms with E-state index < -0.39 is 0 Å². The first-order valence-electron chi connectivity index (χ1n) is 4.62. The highest BCUT2D eigenvalue weighted by Crippen LogP contribution is 2.23. The molecule has 0 spiro atoms. The van der Waals surface area contributed by atoms with Gasteiger partial charge in [0, 0.05) is 11.6 Å². The van der Waals surface area contributed by atoms with Gasteiger partial charge in [-0.15, -0.1) is 0 Å². The molecule has 0 amide bonds. The second kappa shape index (κ2) is 5.51. The highest BCUT2D eigenvalue weighted by Gasteiger charge is 2.16. The number of nitro groups is 1. The molecule has 0 aliphatic heterocycles. The van der Waals surface area contributed by atoms with Crippen molar-refractivity contribution in [3.8, 4) is 0 Å². The van der Waals surface area contributed by atoms with Gasteiger partial charge in [-0.2, -0.15) is 0 Å². The van der Waals surface area contributed by atoms with Gasteiger partial charge in [0.15, 0.2) is 0 Å². The summed E-state index contributed by atoms with van der Waals surface area (Å²) in [6.45, 7) is 7.75. The highest BCUT2D eigenvalue weighted by molar-refractivity contribution is 5.26. The minimum atomic E-state index is -0.308. The molecule has 0 bridgehead atoms. The maximum absolute atomic E-state index is 10.4. The van der Waals surface area contributed by atoms with Crippen molar-refractivity contribution in [2.24, 2.45) is 0 Å². The van der Waals surface area contributed by atoms with Crippen molar-refractivity contribution < 1.29 is 4.92 Å². The van der Waals surface area contributed by atoms with E-state index in [-0.39, 0.29) is 10.6 Å². The Morgan fingerprint density at radius 1 is 1.31 bits per heavy atom. The molecule has 0 heterocycles. The van der Waals surface area contributed by atoms with Crippen molar-refractivity contribution in [3.05, 3.63) is 33.0 Å². The summed E-state index contributed by atoms with van der Waals surface area (Å²) in [5.41, 5.74) is 2.27. The van der Waals surface area contributed by atoms with E-state index in [4.69, 9.17) is 0 Å². The molecule has 1 rings (SSSR count). The van der Waals surface area contributed by atoms with Crippen LogP contribution in [0.4, 0.5) is 0 Å². The van der Waals surface area contributed by atoms with Crippen LogP contribution >= 0.6 is 0 Å². The second-order valence-corrected chi connectivity index (χ2v) is 2.91. The zero-order chi connectivity index (χ0) is 10.4. The molecule has 3 nitrogen and oxygen atoms in total. The Balaban J connectivity index is 0.000000671. The van der Waals surface area contributed by atoms with Crippen molar-refractivity contribution in [2.75, 3.05) is 0 Å². The Hall–Kier alpha value is -1.12. The van der Waals surface area contributed by atoms with Crippen molar-refractivity contribution in [1.82, 2.24) is 0 Å². The van der Waals surface area contributed by atoms with Gasteiger partial charge >= 0.3 is 0 Å². The van der Waals surface area contributed by atoms with E-state index in [1.807, 2.05) is 27.7 Å². The van der Waals surface area contributed by atoms with Crippen LogP contribution in [0.3, 0.4) is 0 Å². The van der Waals surface area contributed by atoms with Crippen LogP contribution in [0, 0.1) is 10.1 Å².